The molecule has 1 aliphatic rings. The molecule has 4 aromatic rings. The van der Waals surface area contributed by atoms with Crippen LogP contribution in [0.25, 0.3) is 11.0 Å². The third-order valence-corrected chi connectivity index (χ3v) is 6.87. The number of H-pyrrole nitrogens is 1. The third-order valence-electron chi connectivity index (χ3n) is 5.88. The number of nitrogens with one attached hydrogen (secondary N) is 2. The quantitative estimate of drug-likeness (QED) is 0.367. The maximum Gasteiger partial charge on any atom is 0.326 e. The van der Waals surface area contributed by atoms with Gasteiger partial charge in [-0.25, -0.2) is 9.18 Å². The maximum atomic E-state index is 15.0. The van der Waals surface area contributed by atoms with Crippen LogP contribution < -0.4 is 11.0 Å². The van der Waals surface area contributed by atoms with E-state index in [-0.39, 0.29) is 16.4 Å². The molecule has 0 bridgehead atoms. The molecule has 34 heavy (non-hydrogen) atoms. The van der Waals surface area contributed by atoms with E-state index in [1.165, 1.54) is 0 Å². The molecule has 2 heterocycles. The van der Waals surface area contributed by atoms with Crippen molar-refractivity contribution in [2.24, 2.45) is 4.99 Å². The molecule has 0 saturated carbocycles. The molecule has 1 aromatic heterocycles. The van der Waals surface area contributed by atoms with Crippen LogP contribution >= 0.6 is 27.5 Å². The van der Waals surface area contributed by atoms with Crippen LogP contribution in [0.15, 0.2) is 68.9 Å². The van der Waals surface area contributed by atoms with Gasteiger partial charge in [-0.3, -0.25) is 14.4 Å². The first kappa shape index (κ1) is 22.6. The monoisotopic (exact) mass is 540 g/mol. The fourth-order valence-corrected chi connectivity index (χ4v) is 4.88. The van der Waals surface area contributed by atoms with Gasteiger partial charge in [-0.15, -0.1) is 0 Å². The van der Waals surface area contributed by atoms with Gasteiger partial charge in [0.15, 0.2) is 0 Å². The Kier molecular flexibility index (Phi) is 5.87. The van der Waals surface area contributed by atoms with Crippen molar-refractivity contribution < 1.29 is 9.18 Å². The van der Waals surface area contributed by atoms with Crippen LogP contribution in [0.1, 0.15) is 23.6 Å². The van der Waals surface area contributed by atoms with Gasteiger partial charge in [-0.05, 0) is 42.8 Å². The SMILES string of the molecule is CCn1c(=O)[nH]c2ccc(C3=NC(Cc4ccccc4Br)C(=O)Nc4c(F)cc(Cl)cc43)cc21. The van der Waals surface area contributed by atoms with Crippen molar-refractivity contribution in [2.75, 3.05) is 5.32 Å². The van der Waals surface area contributed by atoms with E-state index in [0.717, 1.165) is 16.1 Å². The third kappa shape index (κ3) is 3.97. The minimum atomic E-state index is -0.811. The number of aromatic nitrogens is 2. The number of benzene rings is 3. The molecule has 172 valence electrons. The molecule has 0 radical (unpaired) electrons. The van der Waals surface area contributed by atoms with Gasteiger partial charge in [0, 0.05) is 33.6 Å². The Labute approximate surface area is 207 Å². The summed E-state index contributed by atoms with van der Waals surface area (Å²) in [6.45, 7) is 2.36. The van der Waals surface area contributed by atoms with Crippen molar-refractivity contribution in [3.05, 3.63) is 97.1 Å². The Morgan fingerprint density at radius 3 is 2.71 bits per heavy atom. The predicted octanol–water partition coefficient (Wildman–Crippen LogP) is 5.31. The highest BCUT2D eigenvalue weighted by Gasteiger charge is 2.29. The number of aliphatic imine (C=N–C) groups is 1. The van der Waals surface area contributed by atoms with Crippen LogP contribution in [0, 0.1) is 5.82 Å². The second-order valence-electron chi connectivity index (χ2n) is 7.99. The zero-order chi connectivity index (χ0) is 24.0. The Morgan fingerprint density at radius 1 is 1.15 bits per heavy atom. The molecule has 0 saturated heterocycles. The average molecular weight is 542 g/mol. The highest BCUT2D eigenvalue weighted by atomic mass is 79.9. The van der Waals surface area contributed by atoms with Crippen molar-refractivity contribution in [3.8, 4) is 0 Å². The van der Waals surface area contributed by atoms with E-state index in [1.54, 1.807) is 22.8 Å². The number of rotatable bonds is 4. The summed E-state index contributed by atoms with van der Waals surface area (Å²) in [4.78, 5) is 33.1. The Morgan fingerprint density at radius 2 is 1.94 bits per heavy atom. The Hall–Kier alpha value is -3.23. The van der Waals surface area contributed by atoms with E-state index in [0.29, 0.717) is 40.8 Å². The number of amides is 1. The van der Waals surface area contributed by atoms with Crippen LogP contribution in [-0.2, 0) is 17.8 Å². The van der Waals surface area contributed by atoms with Gasteiger partial charge in [-0.2, -0.15) is 0 Å². The van der Waals surface area contributed by atoms with E-state index in [2.05, 4.69) is 26.2 Å². The van der Waals surface area contributed by atoms with Crippen molar-refractivity contribution in [3.63, 3.8) is 0 Å². The average Bonchev–Trinajstić information content (AvgIpc) is 3.05. The molecule has 9 heteroatoms. The lowest BCUT2D eigenvalue weighted by Gasteiger charge is -2.12. The summed E-state index contributed by atoms with van der Waals surface area (Å²) in [5.41, 5.74) is 3.55. The van der Waals surface area contributed by atoms with Crippen molar-refractivity contribution in [1.82, 2.24) is 9.55 Å². The summed E-state index contributed by atoms with van der Waals surface area (Å²) in [5.74, 6) is -1.06. The molecule has 1 amide bonds. The van der Waals surface area contributed by atoms with Crippen LogP contribution in [0.3, 0.4) is 0 Å². The summed E-state index contributed by atoms with van der Waals surface area (Å²) < 4.78 is 17.4. The van der Waals surface area contributed by atoms with E-state index < -0.39 is 17.8 Å². The number of aromatic amines is 1. The number of anilines is 1. The minimum absolute atomic E-state index is 0.0322. The molecule has 1 unspecified atom stereocenters. The standard InChI is InChI=1S/C25H19BrClFN4O2/c1-2-32-21-10-14(7-8-19(21)30-25(32)34)22-16-11-15(27)12-18(28)23(16)31-24(33)20(29-22)9-13-5-3-4-6-17(13)26/h3-8,10-12,20H,2,9H2,1H3,(H,30,34)(H,31,33). The summed E-state index contributed by atoms with van der Waals surface area (Å²) in [6, 6.07) is 14.9. The zero-order valence-electron chi connectivity index (χ0n) is 18.0. The first-order chi connectivity index (χ1) is 16.4. The Bertz CT molecular complexity index is 1540. The van der Waals surface area contributed by atoms with E-state index in [9.17, 15) is 14.0 Å². The second kappa shape index (κ2) is 8.85. The smallest absolute Gasteiger partial charge is 0.321 e. The van der Waals surface area contributed by atoms with Gasteiger partial charge in [0.25, 0.3) is 0 Å². The molecular formula is C25H19BrClFN4O2. The second-order valence-corrected chi connectivity index (χ2v) is 9.29. The van der Waals surface area contributed by atoms with E-state index >= 15 is 0 Å². The number of benzodiazepines with no additional fused rings is 1. The minimum Gasteiger partial charge on any atom is -0.321 e. The lowest BCUT2D eigenvalue weighted by Crippen LogP contribution is -2.28. The predicted molar refractivity (Wildman–Crippen MR) is 136 cm³/mol. The number of fused-ring (bicyclic) bond motifs is 2. The molecule has 0 aliphatic carbocycles. The van der Waals surface area contributed by atoms with Crippen molar-refractivity contribution in [1.29, 1.82) is 0 Å². The van der Waals surface area contributed by atoms with Crippen molar-refractivity contribution in [2.45, 2.75) is 25.9 Å². The van der Waals surface area contributed by atoms with Gasteiger partial charge >= 0.3 is 5.69 Å². The van der Waals surface area contributed by atoms with E-state index in [1.807, 2.05) is 37.3 Å². The molecule has 0 spiro atoms. The molecular weight excluding hydrogens is 523 g/mol. The number of carbonyl (C=O) groups is 1. The van der Waals surface area contributed by atoms with E-state index in [4.69, 9.17) is 16.6 Å². The summed E-state index contributed by atoms with van der Waals surface area (Å²) >= 11 is 9.72. The normalized spacial score (nSPS) is 15.6. The maximum absolute atomic E-state index is 15.0. The summed E-state index contributed by atoms with van der Waals surface area (Å²) in [5, 5.41) is 2.90. The number of hydrogen-bond donors (Lipinski definition) is 2. The molecule has 3 aromatic carbocycles. The fraction of sp³-hybridized carbons (Fsp3) is 0.160. The zero-order valence-corrected chi connectivity index (χ0v) is 20.4. The largest absolute Gasteiger partial charge is 0.326 e. The lowest BCUT2D eigenvalue weighted by molar-refractivity contribution is -0.117. The first-order valence-corrected chi connectivity index (χ1v) is 11.9. The summed E-state index contributed by atoms with van der Waals surface area (Å²) in [6.07, 6.45) is 0.312. The van der Waals surface area contributed by atoms with Crippen molar-refractivity contribution >= 4 is 55.9 Å². The van der Waals surface area contributed by atoms with Crippen LogP contribution in [-0.4, -0.2) is 27.2 Å². The fourth-order valence-electron chi connectivity index (χ4n) is 4.23. The van der Waals surface area contributed by atoms with Gasteiger partial charge in [0.05, 0.1) is 22.4 Å². The van der Waals surface area contributed by atoms with Crippen LogP contribution in [0.2, 0.25) is 5.02 Å². The molecule has 1 aliphatic heterocycles. The lowest BCUT2D eigenvalue weighted by atomic mass is 9.99. The number of aryl methyl sites for hydroxylation is 1. The molecule has 2 N–H and O–H groups in total. The first-order valence-electron chi connectivity index (χ1n) is 10.7. The highest BCUT2D eigenvalue weighted by molar-refractivity contribution is 9.10. The number of halogens is 3. The number of hydrogen-bond acceptors (Lipinski definition) is 3. The number of nitrogens with zero attached hydrogens (tertiary/aromatic N) is 2. The van der Waals surface area contributed by atoms with Gasteiger partial charge in [0.2, 0.25) is 5.91 Å². The topological polar surface area (TPSA) is 79.2 Å². The Balaban J connectivity index is 1.72. The molecule has 6 nitrogen and oxygen atoms in total. The molecule has 5 rings (SSSR count). The van der Waals surface area contributed by atoms with Crippen LogP contribution in [0.4, 0.5) is 10.1 Å². The number of imidazole rings is 1. The van der Waals surface area contributed by atoms with Gasteiger partial charge in [0.1, 0.15) is 11.9 Å². The van der Waals surface area contributed by atoms with Crippen LogP contribution in [0.5, 0.6) is 0 Å². The molecule has 0 fully saturated rings. The molecule has 1 atom stereocenters. The summed E-state index contributed by atoms with van der Waals surface area (Å²) in [7, 11) is 0. The number of carbonyl (C=O) groups excluding carboxylic acids is 1. The van der Waals surface area contributed by atoms with Gasteiger partial charge < -0.3 is 10.3 Å². The highest BCUT2D eigenvalue weighted by Crippen LogP contribution is 2.32. The van der Waals surface area contributed by atoms with Gasteiger partial charge in [-0.1, -0.05) is 51.8 Å².